The van der Waals surface area contributed by atoms with Crippen molar-refractivity contribution in [1.82, 2.24) is 4.57 Å². The summed E-state index contributed by atoms with van der Waals surface area (Å²) in [6.07, 6.45) is 1.79. The van der Waals surface area contributed by atoms with Crippen molar-refractivity contribution < 1.29 is 9.90 Å². The van der Waals surface area contributed by atoms with Crippen molar-refractivity contribution in [2.45, 2.75) is 13.8 Å². The highest BCUT2D eigenvalue weighted by atomic mass is 35.5. The fourth-order valence-corrected chi connectivity index (χ4v) is 3.27. The van der Waals surface area contributed by atoms with Crippen LogP contribution in [0.2, 0.25) is 10.0 Å². The minimum Gasteiger partial charge on any atom is -0.478 e. The van der Waals surface area contributed by atoms with E-state index >= 15 is 0 Å². The Hall–Kier alpha value is -2.56. The van der Waals surface area contributed by atoms with E-state index in [0.717, 1.165) is 28.3 Å². The SMILES string of the molecule is Cc1cc(C=Nc2cccc(Cl)c2)c(C)n1-c1ccc(C(=O)O)c(Cl)c1. The maximum atomic E-state index is 11.1. The Labute approximate surface area is 161 Å². The number of carboxylic acids is 1. The van der Waals surface area contributed by atoms with Crippen LogP contribution in [0, 0.1) is 13.8 Å². The number of aromatic nitrogens is 1. The molecule has 0 aliphatic rings. The van der Waals surface area contributed by atoms with E-state index in [1.165, 1.54) is 6.07 Å². The van der Waals surface area contributed by atoms with E-state index in [9.17, 15) is 4.79 Å². The molecule has 132 valence electrons. The minimum atomic E-state index is -1.04. The highest BCUT2D eigenvalue weighted by Crippen LogP contribution is 2.25. The summed E-state index contributed by atoms with van der Waals surface area (Å²) in [6, 6.07) is 14.3. The molecule has 1 heterocycles. The van der Waals surface area contributed by atoms with Crippen molar-refractivity contribution in [3.05, 3.63) is 81.1 Å². The molecule has 0 saturated heterocycles. The molecule has 2 aromatic carbocycles. The van der Waals surface area contributed by atoms with Gasteiger partial charge in [0.2, 0.25) is 0 Å². The topological polar surface area (TPSA) is 54.6 Å². The standard InChI is InChI=1S/C20H16Cl2N2O2/c1-12-8-14(11-23-16-5-3-4-15(21)9-16)13(2)24(12)17-6-7-18(20(25)26)19(22)10-17/h3-11H,1-2H3,(H,25,26). The first-order valence-electron chi connectivity index (χ1n) is 7.88. The zero-order chi connectivity index (χ0) is 18.8. The molecule has 0 aliphatic heterocycles. The van der Waals surface area contributed by atoms with Crippen LogP contribution in [0.5, 0.6) is 0 Å². The minimum absolute atomic E-state index is 0.0839. The number of aliphatic imine (C=N–C) groups is 1. The fourth-order valence-electron chi connectivity index (χ4n) is 2.83. The van der Waals surface area contributed by atoms with E-state index in [-0.39, 0.29) is 10.6 Å². The number of halogens is 2. The Balaban J connectivity index is 1.98. The maximum Gasteiger partial charge on any atom is 0.337 e. The lowest BCUT2D eigenvalue weighted by molar-refractivity contribution is 0.0697. The summed E-state index contributed by atoms with van der Waals surface area (Å²) in [5.74, 6) is -1.04. The molecule has 0 atom stereocenters. The molecular weight excluding hydrogens is 371 g/mol. The van der Waals surface area contributed by atoms with Crippen molar-refractivity contribution in [1.29, 1.82) is 0 Å². The van der Waals surface area contributed by atoms with Gasteiger partial charge in [-0.1, -0.05) is 29.3 Å². The van der Waals surface area contributed by atoms with Gasteiger partial charge in [-0.2, -0.15) is 0 Å². The van der Waals surface area contributed by atoms with Crippen LogP contribution >= 0.6 is 23.2 Å². The predicted molar refractivity (Wildman–Crippen MR) is 106 cm³/mol. The summed E-state index contributed by atoms with van der Waals surface area (Å²) in [6.45, 7) is 3.95. The first-order valence-corrected chi connectivity index (χ1v) is 8.64. The summed E-state index contributed by atoms with van der Waals surface area (Å²) in [5.41, 5.74) is 4.59. The molecule has 26 heavy (non-hydrogen) atoms. The lowest BCUT2D eigenvalue weighted by atomic mass is 10.2. The Morgan fingerprint density at radius 3 is 2.54 bits per heavy atom. The van der Waals surface area contributed by atoms with Gasteiger partial charge in [0.15, 0.2) is 0 Å². The molecule has 0 spiro atoms. The van der Waals surface area contributed by atoms with Gasteiger partial charge in [-0.05, 0) is 56.3 Å². The van der Waals surface area contributed by atoms with Gasteiger partial charge in [0.1, 0.15) is 0 Å². The second-order valence-corrected chi connectivity index (χ2v) is 6.71. The lowest BCUT2D eigenvalue weighted by Crippen LogP contribution is -2.02. The number of nitrogens with zero attached hydrogens (tertiary/aromatic N) is 2. The number of hydrogen-bond acceptors (Lipinski definition) is 2. The van der Waals surface area contributed by atoms with Gasteiger partial charge in [0, 0.05) is 33.9 Å². The average molecular weight is 387 g/mol. The number of aromatic carboxylic acids is 1. The molecule has 0 amide bonds. The van der Waals surface area contributed by atoms with Crippen molar-refractivity contribution in [3.8, 4) is 5.69 Å². The number of hydrogen-bond donors (Lipinski definition) is 1. The van der Waals surface area contributed by atoms with Gasteiger partial charge >= 0.3 is 5.97 Å². The summed E-state index contributed by atoms with van der Waals surface area (Å²) in [7, 11) is 0. The van der Waals surface area contributed by atoms with Crippen molar-refractivity contribution >= 4 is 41.1 Å². The van der Waals surface area contributed by atoms with Crippen LogP contribution in [-0.4, -0.2) is 21.9 Å². The van der Waals surface area contributed by atoms with E-state index in [1.807, 2.05) is 36.6 Å². The van der Waals surface area contributed by atoms with Crippen LogP contribution in [-0.2, 0) is 0 Å². The van der Waals surface area contributed by atoms with Crippen LogP contribution in [0.3, 0.4) is 0 Å². The number of aryl methyl sites for hydroxylation is 1. The van der Waals surface area contributed by atoms with E-state index < -0.39 is 5.97 Å². The first kappa shape index (κ1) is 18.2. The van der Waals surface area contributed by atoms with Gasteiger partial charge in [0.05, 0.1) is 16.3 Å². The Bertz CT molecular complexity index is 1020. The molecule has 0 bridgehead atoms. The third-order valence-electron chi connectivity index (χ3n) is 4.07. The summed E-state index contributed by atoms with van der Waals surface area (Å²) in [4.78, 5) is 15.6. The Morgan fingerprint density at radius 2 is 1.88 bits per heavy atom. The zero-order valence-electron chi connectivity index (χ0n) is 14.2. The number of carboxylic acid groups (broad SMARTS) is 1. The van der Waals surface area contributed by atoms with Crippen molar-refractivity contribution in [3.63, 3.8) is 0 Å². The van der Waals surface area contributed by atoms with Gasteiger partial charge in [-0.25, -0.2) is 4.79 Å². The van der Waals surface area contributed by atoms with Crippen LogP contribution in [0.4, 0.5) is 5.69 Å². The Kier molecular flexibility index (Phi) is 5.16. The second kappa shape index (κ2) is 7.36. The third kappa shape index (κ3) is 3.66. The molecule has 6 heteroatoms. The first-order chi connectivity index (χ1) is 12.4. The van der Waals surface area contributed by atoms with Gasteiger partial charge in [0.25, 0.3) is 0 Å². The number of carbonyl (C=O) groups is 1. The normalized spacial score (nSPS) is 11.2. The van der Waals surface area contributed by atoms with E-state index in [1.54, 1.807) is 30.5 Å². The molecule has 4 nitrogen and oxygen atoms in total. The highest BCUT2D eigenvalue weighted by molar-refractivity contribution is 6.33. The molecule has 0 fully saturated rings. The predicted octanol–water partition coefficient (Wildman–Crippen LogP) is 5.85. The smallest absolute Gasteiger partial charge is 0.337 e. The zero-order valence-corrected chi connectivity index (χ0v) is 15.7. The molecule has 0 unspecified atom stereocenters. The molecule has 0 radical (unpaired) electrons. The van der Waals surface area contributed by atoms with Crippen LogP contribution < -0.4 is 0 Å². The summed E-state index contributed by atoms with van der Waals surface area (Å²) < 4.78 is 2.01. The highest BCUT2D eigenvalue weighted by Gasteiger charge is 2.13. The number of benzene rings is 2. The fraction of sp³-hybridized carbons (Fsp3) is 0.100. The summed E-state index contributed by atoms with van der Waals surface area (Å²) >= 11 is 12.1. The quantitative estimate of drug-likeness (QED) is 0.571. The van der Waals surface area contributed by atoms with E-state index in [4.69, 9.17) is 28.3 Å². The van der Waals surface area contributed by atoms with E-state index in [0.29, 0.717) is 5.02 Å². The van der Waals surface area contributed by atoms with E-state index in [2.05, 4.69) is 4.99 Å². The lowest BCUT2D eigenvalue weighted by Gasteiger charge is -2.11. The second-order valence-electron chi connectivity index (χ2n) is 5.87. The number of rotatable bonds is 4. The summed E-state index contributed by atoms with van der Waals surface area (Å²) in [5, 5.41) is 9.96. The molecule has 1 aromatic heterocycles. The van der Waals surface area contributed by atoms with Gasteiger partial charge in [-0.3, -0.25) is 4.99 Å². The van der Waals surface area contributed by atoms with Crippen LogP contribution in [0.1, 0.15) is 27.3 Å². The van der Waals surface area contributed by atoms with Gasteiger partial charge in [-0.15, -0.1) is 0 Å². The largest absolute Gasteiger partial charge is 0.478 e. The average Bonchev–Trinajstić information content (AvgIpc) is 2.86. The van der Waals surface area contributed by atoms with Crippen molar-refractivity contribution in [2.24, 2.45) is 4.99 Å². The molecule has 0 saturated carbocycles. The molecule has 3 aromatic rings. The van der Waals surface area contributed by atoms with Crippen LogP contribution in [0.25, 0.3) is 5.69 Å². The molecule has 1 N–H and O–H groups in total. The van der Waals surface area contributed by atoms with Crippen molar-refractivity contribution in [2.75, 3.05) is 0 Å². The molecule has 0 aliphatic carbocycles. The maximum absolute atomic E-state index is 11.1. The third-order valence-corrected chi connectivity index (χ3v) is 4.62. The van der Waals surface area contributed by atoms with Crippen LogP contribution in [0.15, 0.2) is 53.5 Å². The molecular formula is C20H16Cl2N2O2. The Morgan fingerprint density at radius 1 is 1.12 bits per heavy atom. The molecule has 3 rings (SSSR count). The van der Waals surface area contributed by atoms with Gasteiger partial charge < -0.3 is 9.67 Å². The monoisotopic (exact) mass is 386 g/mol.